The molecule has 24 heavy (non-hydrogen) atoms. The third-order valence-corrected chi connectivity index (χ3v) is 3.76. The number of halogens is 3. The number of carbonyl (C=O) groups excluding carboxylic acids is 1. The Balaban J connectivity index is 2.02. The topological polar surface area (TPSA) is 46.4 Å². The van der Waals surface area contributed by atoms with Gasteiger partial charge in [-0.15, -0.1) is 0 Å². The van der Waals surface area contributed by atoms with Crippen molar-refractivity contribution in [3.05, 3.63) is 64.6 Å². The van der Waals surface area contributed by atoms with Gasteiger partial charge in [0.15, 0.2) is 11.6 Å². The van der Waals surface area contributed by atoms with Crippen LogP contribution < -0.4 is 5.32 Å². The highest BCUT2D eigenvalue weighted by Gasteiger charge is 2.19. The van der Waals surface area contributed by atoms with E-state index in [0.29, 0.717) is 28.5 Å². The third kappa shape index (κ3) is 3.10. The third-order valence-electron chi connectivity index (χ3n) is 3.53. The number of nitrogens with zero attached hydrogens (tertiary/aromatic N) is 2. The number of imidazole rings is 1. The first-order valence-electron chi connectivity index (χ1n) is 7.42. The lowest BCUT2D eigenvalue weighted by molar-refractivity contribution is 0.102. The maximum atomic E-state index is 13.3. The summed E-state index contributed by atoms with van der Waals surface area (Å²) in [6.45, 7) is 1.98. The number of anilines is 1. The van der Waals surface area contributed by atoms with Crippen molar-refractivity contribution >= 4 is 28.8 Å². The van der Waals surface area contributed by atoms with Gasteiger partial charge in [-0.1, -0.05) is 24.9 Å². The molecule has 1 N–H and O–H groups in total. The van der Waals surface area contributed by atoms with Gasteiger partial charge in [0.05, 0.1) is 10.7 Å². The molecule has 1 aromatic carbocycles. The summed E-state index contributed by atoms with van der Waals surface area (Å²) in [4.78, 5) is 17.1. The van der Waals surface area contributed by atoms with Gasteiger partial charge in [0.25, 0.3) is 5.91 Å². The van der Waals surface area contributed by atoms with E-state index >= 15 is 0 Å². The van der Waals surface area contributed by atoms with Crippen LogP contribution in [-0.2, 0) is 6.42 Å². The number of nitrogens with one attached hydrogen (secondary N) is 1. The van der Waals surface area contributed by atoms with Gasteiger partial charge >= 0.3 is 0 Å². The Bertz CT molecular complexity index is 924. The fraction of sp³-hybridized carbons (Fsp3) is 0.176. The van der Waals surface area contributed by atoms with Gasteiger partial charge in [0.2, 0.25) is 0 Å². The zero-order valence-corrected chi connectivity index (χ0v) is 13.6. The number of aromatic nitrogens is 2. The van der Waals surface area contributed by atoms with Crippen LogP contribution in [0.15, 0.2) is 36.5 Å². The second-order valence-corrected chi connectivity index (χ2v) is 5.75. The molecule has 3 aromatic rings. The van der Waals surface area contributed by atoms with Crippen LogP contribution in [0.5, 0.6) is 0 Å². The zero-order chi connectivity index (χ0) is 17.3. The fourth-order valence-corrected chi connectivity index (χ4v) is 2.64. The molecule has 0 atom stereocenters. The number of rotatable bonds is 4. The normalized spacial score (nSPS) is 11.0. The average Bonchev–Trinajstić information content (AvgIpc) is 2.88. The highest BCUT2D eigenvalue weighted by molar-refractivity contribution is 6.30. The van der Waals surface area contributed by atoms with Crippen LogP contribution in [-0.4, -0.2) is 15.3 Å². The summed E-state index contributed by atoms with van der Waals surface area (Å²) in [5, 5.41) is 3.04. The van der Waals surface area contributed by atoms with E-state index < -0.39 is 17.5 Å². The summed E-state index contributed by atoms with van der Waals surface area (Å²) < 4.78 is 27.9. The lowest BCUT2D eigenvalue weighted by Crippen LogP contribution is -2.16. The quantitative estimate of drug-likeness (QED) is 0.755. The first-order chi connectivity index (χ1) is 11.5. The van der Waals surface area contributed by atoms with Gasteiger partial charge in [-0.2, -0.15) is 0 Å². The van der Waals surface area contributed by atoms with Crippen LogP contribution in [0.1, 0.15) is 29.5 Å². The van der Waals surface area contributed by atoms with E-state index in [1.54, 1.807) is 22.7 Å². The van der Waals surface area contributed by atoms with Gasteiger partial charge < -0.3 is 5.32 Å². The van der Waals surface area contributed by atoms with Crippen LogP contribution in [0.3, 0.4) is 0 Å². The Morgan fingerprint density at radius 3 is 2.75 bits per heavy atom. The van der Waals surface area contributed by atoms with Gasteiger partial charge in [0.1, 0.15) is 11.3 Å². The van der Waals surface area contributed by atoms with Crippen LogP contribution in [0.2, 0.25) is 5.02 Å². The Kier molecular flexibility index (Phi) is 4.49. The largest absolute Gasteiger partial charge is 0.321 e. The molecule has 0 saturated heterocycles. The monoisotopic (exact) mass is 349 g/mol. The molecule has 4 nitrogen and oxygen atoms in total. The summed E-state index contributed by atoms with van der Waals surface area (Å²) >= 11 is 6.01. The van der Waals surface area contributed by atoms with Crippen molar-refractivity contribution in [2.45, 2.75) is 19.8 Å². The molecule has 0 aliphatic heterocycles. The smallest absolute Gasteiger partial charge is 0.274 e. The van der Waals surface area contributed by atoms with E-state index in [-0.39, 0.29) is 5.69 Å². The van der Waals surface area contributed by atoms with E-state index in [0.717, 1.165) is 18.6 Å². The lowest BCUT2D eigenvalue weighted by Gasteiger charge is -2.07. The molecule has 2 heterocycles. The second kappa shape index (κ2) is 6.57. The Hall–Kier alpha value is -2.47. The minimum absolute atomic E-state index is 0.165. The van der Waals surface area contributed by atoms with Crippen molar-refractivity contribution in [2.75, 3.05) is 5.32 Å². The van der Waals surface area contributed by atoms with Crippen LogP contribution in [0.25, 0.3) is 5.65 Å². The van der Waals surface area contributed by atoms with Crippen LogP contribution >= 0.6 is 11.6 Å². The molecule has 0 aliphatic rings. The molecule has 124 valence electrons. The molecule has 0 saturated carbocycles. The van der Waals surface area contributed by atoms with E-state index in [9.17, 15) is 13.6 Å². The number of hydrogen-bond donors (Lipinski definition) is 1. The maximum absolute atomic E-state index is 13.3. The Morgan fingerprint density at radius 1 is 1.25 bits per heavy atom. The molecule has 0 radical (unpaired) electrons. The van der Waals surface area contributed by atoms with Crippen molar-refractivity contribution in [1.29, 1.82) is 0 Å². The predicted molar refractivity (Wildman–Crippen MR) is 88.5 cm³/mol. The SMILES string of the molecule is CCCc1nc2ccc(Cl)cn2c1C(=O)Nc1ccc(F)c(F)c1. The minimum Gasteiger partial charge on any atom is -0.321 e. The molecule has 0 aliphatic carbocycles. The van der Waals surface area contributed by atoms with Crippen molar-refractivity contribution in [2.24, 2.45) is 0 Å². The minimum atomic E-state index is -1.03. The van der Waals surface area contributed by atoms with Crippen LogP contribution in [0, 0.1) is 11.6 Å². The summed E-state index contributed by atoms with van der Waals surface area (Å²) in [5.41, 5.74) is 1.72. The average molecular weight is 350 g/mol. The number of hydrogen-bond acceptors (Lipinski definition) is 2. The molecule has 0 unspecified atom stereocenters. The number of aryl methyl sites for hydroxylation is 1. The first kappa shape index (κ1) is 16.4. The Morgan fingerprint density at radius 2 is 2.04 bits per heavy atom. The van der Waals surface area contributed by atoms with Crippen LogP contribution in [0.4, 0.5) is 14.5 Å². The fourth-order valence-electron chi connectivity index (χ4n) is 2.48. The van der Waals surface area contributed by atoms with Gasteiger partial charge in [-0.3, -0.25) is 9.20 Å². The molecule has 2 aromatic heterocycles. The molecule has 0 bridgehead atoms. The standard InChI is InChI=1S/C17H14ClF2N3O/c1-2-3-14-16(23-9-10(18)4-7-15(23)22-14)17(24)21-11-5-6-12(19)13(20)8-11/h4-9H,2-3H2,1H3,(H,21,24). The Labute approximate surface area is 142 Å². The summed E-state index contributed by atoms with van der Waals surface area (Å²) in [6.07, 6.45) is 3.02. The van der Waals surface area contributed by atoms with Crippen molar-refractivity contribution < 1.29 is 13.6 Å². The van der Waals surface area contributed by atoms with Crippen molar-refractivity contribution in [3.8, 4) is 0 Å². The number of carbonyl (C=O) groups is 1. The number of benzene rings is 1. The summed E-state index contributed by atoms with van der Waals surface area (Å²) in [5.74, 6) is -2.46. The molecule has 7 heteroatoms. The van der Waals surface area contributed by atoms with E-state index in [2.05, 4.69) is 10.3 Å². The van der Waals surface area contributed by atoms with Gasteiger partial charge in [-0.05, 0) is 30.7 Å². The first-order valence-corrected chi connectivity index (χ1v) is 7.80. The highest BCUT2D eigenvalue weighted by atomic mass is 35.5. The number of pyridine rings is 1. The lowest BCUT2D eigenvalue weighted by atomic mass is 10.2. The number of fused-ring (bicyclic) bond motifs is 1. The summed E-state index contributed by atoms with van der Waals surface area (Å²) in [7, 11) is 0. The molecule has 0 spiro atoms. The van der Waals surface area contributed by atoms with E-state index in [4.69, 9.17) is 11.6 Å². The second-order valence-electron chi connectivity index (χ2n) is 5.32. The molecule has 3 rings (SSSR count). The van der Waals surface area contributed by atoms with Gasteiger partial charge in [-0.25, -0.2) is 13.8 Å². The molecular weight excluding hydrogens is 336 g/mol. The highest BCUT2D eigenvalue weighted by Crippen LogP contribution is 2.20. The molecular formula is C17H14ClF2N3O. The predicted octanol–water partition coefficient (Wildman–Crippen LogP) is 4.47. The van der Waals surface area contributed by atoms with E-state index in [1.165, 1.54) is 6.07 Å². The van der Waals surface area contributed by atoms with Gasteiger partial charge in [0, 0.05) is 18.0 Å². The summed E-state index contributed by atoms with van der Waals surface area (Å²) in [6, 6.07) is 6.60. The molecule has 1 amide bonds. The van der Waals surface area contributed by atoms with Crippen molar-refractivity contribution in [3.63, 3.8) is 0 Å². The van der Waals surface area contributed by atoms with E-state index in [1.807, 2.05) is 6.92 Å². The maximum Gasteiger partial charge on any atom is 0.274 e. The zero-order valence-electron chi connectivity index (χ0n) is 12.8. The van der Waals surface area contributed by atoms with Crippen molar-refractivity contribution in [1.82, 2.24) is 9.38 Å². The number of amides is 1. The molecule has 0 fully saturated rings.